The number of sulfone groups is 1. The van der Waals surface area contributed by atoms with E-state index in [0.29, 0.717) is 4.88 Å². The van der Waals surface area contributed by atoms with E-state index in [9.17, 15) is 18.0 Å². The van der Waals surface area contributed by atoms with Crippen LogP contribution in [0.1, 0.15) is 28.2 Å². The average Bonchev–Trinajstić information content (AvgIpc) is 2.98. The lowest BCUT2D eigenvalue weighted by Gasteiger charge is -2.15. The van der Waals surface area contributed by atoms with Crippen molar-refractivity contribution in [3.63, 3.8) is 0 Å². The van der Waals surface area contributed by atoms with Gasteiger partial charge < -0.3 is 10.6 Å². The maximum atomic E-state index is 12.0. The third kappa shape index (κ3) is 5.65. The van der Waals surface area contributed by atoms with Crippen molar-refractivity contribution in [3.05, 3.63) is 50.6 Å². The third-order valence-corrected chi connectivity index (χ3v) is 6.14. The van der Waals surface area contributed by atoms with Crippen molar-refractivity contribution >= 4 is 48.9 Å². The number of hydrogen-bond acceptors (Lipinski definition) is 5. The minimum absolute atomic E-state index is 0.139. The minimum atomic E-state index is -3.25. The Labute approximate surface area is 158 Å². The molecule has 9 heteroatoms. The summed E-state index contributed by atoms with van der Waals surface area (Å²) in [6.07, 6.45) is 1.14. The highest BCUT2D eigenvalue weighted by molar-refractivity contribution is 9.11. The molecule has 2 amide bonds. The first-order valence-electron chi connectivity index (χ1n) is 7.30. The fourth-order valence-corrected chi connectivity index (χ4v) is 4.00. The van der Waals surface area contributed by atoms with Gasteiger partial charge in [0.15, 0.2) is 9.84 Å². The quantitative estimate of drug-likeness (QED) is 0.715. The number of rotatable bonds is 6. The van der Waals surface area contributed by atoms with Gasteiger partial charge in [0.2, 0.25) is 5.91 Å². The highest BCUT2D eigenvalue weighted by atomic mass is 79.9. The van der Waals surface area contributed by atoms with E-state index in [1.807, 2.05) is 0 Å². The summed E-state index contributed by atoms with van der Waals surface area (Å²) in [4.78, 5) is 24.6. The molecule has 0 aliphatic heterocycles. The van der Waals surface area contributed by atoms with Gasteiger partial charge in [0.05, 0.1) is 26.1 Å². The molecule has 1 aromatic heterocycles. The summed E-state index contributed by atoms with van der Waals surface area (Å²) in [5, 5.41) is 5.31. The van der Waals surface area contributed by atoms with Crippen LogP contribution in [0, 0.1) is 0 Å². The van der Waals surface area contributed by atoms with Crippen LogP contribution in [-0.2, 0) is 14.6 Å². The van der Waals surface area contributed by atoms with Gasteiger partial charge in [-0.2, -0.15) is 0 Å². The maximum Gasteiger partial charge on any atom is 0.261 e. The van der Waals surface area contributed by atoms with Crippen molar-refractivity contribution in [2.45, 2.75) is 17.9 Å². The Bertz CT molecular complexity index is 876. The van der Waals surface area contributed by atoms with Crippen LogP contribution in [0.25, 0.3) is 0 Å². The topological polar surface area (TPSA) is 92.3 Å². The molecule has 6 nitrogen and oxygen atoms in total. The number of thiophene rings is 1. The zero-order valence-electron chi connectivity index (χ0n) is 13.6. The Morgan fingerprint density at radius 3 is 2.32 bits per heavy atom. The van der Waals surface area contributed by atoms with Gasteiger partial charge in [0, 0.05) is 6.26 Å². The molecule has 2 rings (SSSR count). The Kier molecular flexibility index (Phi) is 6.36. The number of carbonyl (C=O) groups is 2. The summed E-state index contributed by atoms with van der Waals surface area (Å²) in [6, 6.07) is 9.45. The highest BCUT2D eigenvalue weighted by Crippen LogP contribution is 2.21. The number of halogens is 1. The lowest BCUT2D eigenvalue weighted by Crippen LogP contribution is -2.37. The maximum absolute atomic E-state index is 12.0. The Balaban J connectivity index is 1.88. The van der Waals surface area contributed by atoms with Crippen LogP contribution >= 0.6 is 27.3 Å². The molecule has 0 saturated carbocycles. The predicted molar refractivity (Wildman–Crippen MR) is 100 cm³/mol. The molecule has 1 heterocycles. The van der Waals surface area contributed by atoms with Crippen molar-refractivity contribution in [2.75, 3.05) is 12.8 Å². The van der Waals surface area contributed by atoms with E-state index in [-0.39, 0.29) is 29.3 Å². The Morgan fingerprint density at radius 1 is 1.16 bits per heavy atom. The summed E-state index contributed by atoms with van der Waals surface area (Å²) in [6.45, 7) is 1.64. The molecule has 0 bridgehead atoms. The first kappa shape index (κ1) is 19.6. The predicted octanol–water partition coefficient (Wildman–Crippen LogP) is 2.52. The van der Waals surface area contributed by atoms with Crippen molar-refractivity contribution in [3.8, 4) is 0 Å². The van der Waals surface area contributed by atoms with Crippen LogP contribution in [-0.4, -0.2) is 33.0 Å². The van der Waals surface area contributed by atoms with Gasteiger partial charge in [-0.05, 0) is 52.7 Å². The van der Waals surface area contributed by atoms with Crippen molar-refractivity contribution in [2.24, 2.45) is 0 Å². The minimum Gasteiger partial charge on any atom is -0.348 e. The average molecular weight is 445 g/mol. The molecule has 0 spiro atoms. The molecule has 2 N–H and O–H groups in total. The summed E-state index contributed by atoms with van der Waals surface area (Å²) in [5.41, 5.74) is 0.772. The smallest absolute Gasteiger partial charge is 0.261 e. The zero-order valence-corrected chi connectivity index (χ0v) is 16.8. The van der Waals surface area contributed by atoms with Crippen LogP contribution in [0.3, 0.4) is 0 Å². The molecule has 0 fully saturated rings. The summed E-state index contributed by atoms with van der Waals surface area (Å²) in [7, 11) is -3.25. The van der Waals surface area contributed by atoms with Crippen LogP contribution < -0.4 is 10.6 Å². The molecule has 25 heavy (non-hydrogen) atoms. The SMILES string of the molecule is CC(NC(=O)CNC(=O)c1ccc(Br)s1)c1ccc(S(C)(=O)=O)cc1. The molecule has 134 valence electrons. The second-order valence-electron chi connectivity index (χ2n) is 5.42. The fourth-order valence-electron chi connectivity index (χ4n) is 2.06. The highest BCUT2D eigenvalue weighted by Gasteiger charge is 2.14. The van der Waals surface area contributed by atoms with E-state index < -0.39 is 9.84 Å². The van der Waals surface area contributed by atoms with Crippen LogP contribution in [0.15, 0.2) is 45.1 Å². The lowest BCUT2D eigenvalue weighted by molar-refractivity contribution is -0.120. The summed E-state index contributed by atoms with van der Waals surface area (Å²) >= 11 is 4.56. The van der Waals surface area contributed by atoms with Crippen LogP contribution in [0.5, 0.6) is 0 Å². The molecule has 0 saturated heterocycles. The molecule has 1 aromatic carbocycles. The Morgan fingerprint density at radius 2 is 1.80 bits per heavy atom. The normalized spacial score (nSPS) is 12.4. The van der Waals surface area contributed by atoms with Gasteiger partial charge in [-0.15, -0.1) is 11.3 Å². The van der Waals surface area contributed by atoms with E-state index in [2.05, 4.69) is 26.6 Å². The molecule has 0 aliphatic rings. The van der Waals surface area contributed by atoms with Gasteiger partial charge >= 0.3 is 0 Å². The van der Waals surface area contributed by atoms with Gasteiger partial charge in [-0.3, -0.25) is 9.59 Å². The van der Waals surface area contributed by atoms with Crippen LogP contribution in [0.2, 0.25) is 0 Å². The largest absolute Gasteiger partial charge is 0.348 e. The van der Waals surface area contributed by atoms with E-state index in [1.165, 1.54) is 23.5 Å². The first-order chi connectivity index (χ1) is 11.7. The number of amides is 2. The number of benzene rings is 1. The van der Waals surface area contributed by atoms with Crippen molar-refractivity contribution in [1.82, 2.24) is 10.6 Å². The van der Waals surface area contributed by atoms with Crippen LogP contribution in [0.4, 0.5) is 0 Å². The molecule has 0 aliphatic carbocycles. The second-order valence-corrected chi connectivity index (χ2v) is 9.90. The summed E-state index contributed by atoms with van der Waals surface area (Å²) in [5.74, 6) is -0.639. The monoisotopic (exact) mass is 444 g/mol. The van der Waals surface area contributed by atoms with Gasteiger partial charge in [-0.1, -0.05) is 12.1 Å². The standard InChI is InChI=1S/C16H17BrN2O4S2/c1-10(11-3-5-12(6-4-11)25(2,22)23)19-15(20)9-18-16(21)13-7-8-14(17)24-13/h3-8,10H,9H2,1-2H3,(H,18,21)(H,19,20). The number of carbonyl (C=O) groups excluding carboxylic acids is 2. The van der Waals surface area contributed by atoms with Gasteiger partial charge in [0.25, 0.3) is 5.91 Å². The Hall–Kier alpha value is -1.71. The van der Waals surface area contributed by atoms with E-state index in [4.69, 9.17) is 0 Å². The van der Waals surface area contributed by atoms with Gasteiger partial charge in [-0.25, -0.2) is 8.42 Å². The van der Waals surface area contributed by atoms with E-state index in [1.54, 1.807) is 31.2 Å². The molecule has 2 aromatic rings. The molecular formula is C16H17BrN2O4S2. The molecule has 0 radical (unpaired) electrons. The second kappa shape index (κ2) is 8.11. The summed E-state index contributed by atoms with van der Waals surface area (Å²) < 4.78 is 23.7. The van der Waals surface area contributed by atoms with E-state index in [0.717, 1.165) is 15.6 Å². The first-order valence-corrected chi connectivity index (χ1v) is 10.8. The molecule has 1 atom stereocenters. The fraction of sp³-hybridized carbons (Fsp3) is 0.250. The van der Waals surface area contributed by atoms with Crippen molar-refractivity contribution in [1.29, 1.82) is 0 Å². The lowest BCUT2D eigenvalue weighted by atomic mass is 10.1. The molecule has 1 unspecified atom stereocenters. The number of nitrogens with one attached hydrogen (secondary N) is 2. The van der Waals surface area contributed by atoms with Crippen molar-refractivity contribution < 1.29 is 18.0 Å². The zero-order chi connectivity index (χ0) is 18.6. The van der Waals surface area contributed by atoms with E-state index >= 15 is 0 Å². The third-order valence-electron chi connectivity index (χ3n) is 3.39. The number of hydrogen-bond donors (Lipinski definition) is 2. The van der Waals surface area contributed by atoms with Gasteiger partial charge in [0.1, 0.15) is 0 Å². The molecular weight excluding hydrogens is 428 g/mol.